The van der Waals surface area contributed by atoms with Gasteiger partial charge in [-0.1, -0.05) is 0 Å². The van der Waals surface area contributed by atoms with Gasteiger partial charge in [-0.15, -0.1) is 0 Å². The monoisotopic (exact) mass is 339 g/mol. The maximum Gasteiger partial charge on any atom is 0.339 e. The first kappa shape index (κ1) is 17.1. The van der Waals surface area contributed by atoms with Crippen LogP contribution in [0.1, 0.15) is 33.4 Å². The number of rotatable bonds is 5. The number of esters is 1. The lowest BCUT2D eigenvalue weighted by Crippen LogP contribution is -2.24. The second-order valence-corrected chi connectivity index (χ2v) is 6.64. The SMILES string of the molecule is COC(=O)c1cc(S(=O)(=O)NCc2nc(C)c(C)o2)cnc1C. The molecule has 0 aliphatic heterocycles. The molecule has 9 heteroatoms. The van der Waals surface area contributed by atoms with Crippen molar-refractivity contribution in [2.24, 2.45) is 0 Å². The van der Waals surface area contributed by atoms with Crippen LogP contribution in [0.2, 0.25) is 0 Å². The number of oxazole rings is 1. The van der Waals surface area contributed by atoms with Gasteiger partial charge in [0.1, 0.15) is 10.7 Å². The van der Waals surface area contributed by atoms with E-state index in [0.29, 0.717) is 17.1 Å². The van der Waals surface area contributed by atoms with E-state index in [0.717, 1.165) is 0 Å². The number of sulfonamides is 1. The third kappa shape index (κ3) is 3.74. The summed E-state index contributed by atoms with van der Waals surface area (Å²) in [6.07, 6.45) is 1.18. The number of hydrogen-bond donors (Lipinski definition) is 1. The topological polar surface area (TPSA) is 111 Å². The summed E-state index contributed by atoms with van der Waals surface area (Å²) in [6.45, 7) is 5.00. The van der Waals surface area contributed by atoms with E-state index in [-0.39, 0.29) is 22.9 Å². The van der Waals surface area contributed by atoms with Gasteiger partial charge in [0.05, 0.1) is 30.6 Å². The molecule has 0 bridgehead atoms. The molecule has 2 aromatic heterocycles. The van der Waals surface area contributed by atoms with Crippen LogP contribution in [0.15, 0.2) is 21.6 Å². The van der Waals surface area contributed by atoms with Crippen LogP contribution in [-0.4, -0.2) is 31.5 Å². The Morgan fingerprint density at radius 2 is 2.00 bits per heavy atom. The molecule has 0 spiro atoms. The summed E-state index contributed by atoms with van der Waals surface area (Å²) in [7, 11) is -2.65. The zero-order valence-electron chi connectivity index (χ0n) is 13.2. The van der Waals surface area contributed by atoms with Crippen molar-refractivity contribution in [2.75, 3.05) is 7.11 Å². The van der Waals surface area contributed by atoms with Crippen LogP contribution in [0.3, 0.4) is 0 Å². The Labute approximate surface area is 133 Å². The maximum absolute atomic E-state index is 12.3. The average Bonchev–Trinajstić information content (AvgIpc) is 2.83. The number of nitrogens with one attached hydrogen (secondary N) is 1. The molecule has 0 saturated heterocycles. The molecule has 124 valence electrons. The third-order valence-electron chi connectivity index (χ3n) is 3.26. The van der Waals surface area contributed by atoms with Crippen LogP contribution in [-0.2, 0) is 21.3 Å². The van der Waals surface area contributed by atoms with Gasteiger partial charge in [0.25, 0.3) is 0 Å². The summed E-state index contributed by atoms with van der Waals surface area (Å²) < 4.78 is 36.9. The number of methoxy groups -OCH3 is 1. The summed E-state index contributed by atoms with van der Waals surface area (Å²) in [5.74, 6) is 0.243. The largest absolute Gasteiger partial charge is 0.465 e. The van der Waals surface area contributed by atoms with Gasteiger partial charge in [-0.3, -0.25) is 4.98 Å². The first-order valence-electron chi connectivity index (χ1n) is 6.72. The fourth-order valence-corrected chi connectivity index (χ4v) is 2.78. The van der Waals surface area contributed by atoms with Crippen molar-refractivity contribution in [1.82, 2.24) is 14.7 Å². The highest BCUT2D eigenvalue weighted by atomic mass is 32.2. The number of aryl methyl sites for hydroxylation is 3. The van der Waals surface area contributed by atoms with E-state index in [9.17, 15) is 13.2 Å². The smallest absolute Gasteiger partial charge is 0.339 e. The second-order valence-electron chi connectivity index (χ2n) is 4.87. The lowest BCUT2D eigenvalue weighted by atomic mass is 10.2. The van der Waals surface area contributed by atoms with Gasteiger partial charge < -0.3 is 9.15 Å². The van der Waals surface area contributed by atoms with Crippen molar-refractivity contribution in [2.45, 2.75) is 32.2 Å². The van der Waals surface area contributed by atoms with Crippen LogP contribution in [0.4, 0.5) is 0 Å². The van der Waals surface area contributed by atoms with Crippen molar-refractivity contribution >= 4 is 16.0 Å². The van der Waals surface area contributed by atoms with E-state index in [1.165, 1.54) is 19.4 Å². The first-order chi connectivity index (χ1) is 10.7. The van der Waals surface area contributed by atoms with E-state index in [1.54, 1.807) is 20.8 Å². The van der Waals surface area contributed by atoms with E-state index in [4.69, 9.17) is 4.42 Å². The molecule has 2 heterocycles. The number of nitrogens with zero attached hydrogens (tertiary/aromatic N) is 2. The molecule has 0 aliphatic carbocycles. The van der Waals surface area contributed by atoms with Crippen molar-refractivity contribution < 1.29 is 22.4 Å². The molecule has 23 heavy (non-hydrogen) atoms. The summed E-state index contributed by atoms with van der Waals surface area (Å²) in [5.41, 5.74) is 1.18. The summed E-state index contributed by atoms with van der Waals surface area (Å²) in [4.78, 5) is 19.5. The van der Waals surface area contributed by atoms with Crippen molar-refractivity contribution in [3.63, 3.8) is 0 Å². The van der Waals surface area contributed by atoms with Gasteiger partial charge in [-0.2, -0.15) is 0 Å². The number of pyridine rings is 1. The van der Waals surface area contributed by atoms with E-state index in [2.05, 4.69) is 19.4 Å². The standard InChI is InChI=1S/C14H17N3O5S/c1-8-10(3)22-13(17-8)7-16-23(19,20)11-5-12(14(18)21-4)9(2)15-6-11/h5-6,16H,7H2,1-4H3. The average molecular weight is 339 g/mol. The van der Waals surface area contributed by atoms with E-state index < -0.39 is 16.0 Å². The second kappa shape index (κ2) is 6.47. The van der Waals surface area contributed by atoms with Crippen molar-refractivity contribution in [3.05, 3.63) is 40.9 Å². The predicted molar refractivity (Wildman–Crippen MR) is 80.3 cm³/mol. The highest BCUT2D eigenvalue weighted by Gasteiger charge is 2.20. The minimum absolute atomic E-state index is 0.0955. The molecule has 1 N–H and O–H groups in total. The van der Waals surface area contributed by atoms with Crippen LogP contribution in [0, 0.1) is 20.8 Å². The van der Waals surface area contributed by atoms with Crippen molar-refractivity contribution in [3.8, 4) is 0 Å². The molecular weight excluding hydrogens is 322 g/mol. The van der Waals surface area contributed by atoms with Crippen LogP contribution < -0.4 is 4.72 Å². The highest BCUT2D eigenvalue weighted by molar-refractivity contribution is 7.89. The predicted octanol–water partition coefficient (Wildman–Crippen LogP) is 1.26. The number of carbonyl (C=O) groups is 1. The highest BCUT2D eigenvalue weighted by Crippen LogP contribution is 2.15. The number of hydrogen-bond acceptors (Lipinski definition) is 7. The molecule has 0 amide bonds. The lowest BCUT2D eigenvalue weighted by molar-refractivity contribution is 0.0599. The third-order valence-corrected chi connectivity index (χ3v) is 4.63. The number of ether oxygens (including phenoxy) is 1. The Kier molecular flexibility index (Phi) is 4.81. The van der Waals surface area contributed by atoms with Gasteiger partial charge in [0.15, 0.2) is 0 Å². The van der Waals surface area contributed by atoms with Crippen molar-refractivity contribution in [1.29, 1.82) is 0 Å². The molecular formula is C14H17N3O5S. The zero-order chi connectivity index (χ0) is 17.2. The molecule has 0 saturated carbocycles. The van der Waals surface area contributed by atoms with Gasteiger partial charge in [-0.25, -0.2) is 22.9 Å². The van der Waals surface area contributed by atoms with Gasteiger partial charge >= 0.3 is 5.97 Å². The Balaban J connectivity index is 2.24. The summed E-state index contributed by atoms with van der Waals surface area (Å²) >= 11 is 0. The van der Waals surface area contributed by atoms with Crippen LogP contribution in [0.25, 0.3) is 0 Å². The van der Waals surface area contributed by atoms with Crippen LogP contribution in [0.5, 0.6) is 0 Å². The Morgan fingerprint density at radius 3 is 2.57 bits per heavy atom. The van der Waals surface area contributed by atoms with Gasteiger partial charge in [-0.05, 0) is 26.8 Å². The minimum atomic E-state index is -3.86. The normalized spacial score (nSPS) is 11.5. The number of carbonyl (C=O) groups excluding carboxylic acids is 1. The zero-order valence-corrected chi connectivity index (χ0v) is 14.0. The Morgan fingerprint density at radius 1 is 1.30 bits per heavy atom. The summed E-state index contributed by atoms with van der Waals surface area (Å²) in [5, 5.41) is 0. The molecule has 0 aliphatic rings. The fourth-order valence-electron chi connectivity index (χ4n) is 1.83. The molecule has 2 aromatic rings. The first-order valence-corrected chi connectivity index (χ1v) is 8.20. The Hall–Kier alpha value is -2.26. The fraction of sp³-hybridized carbons (Fsp3) is 0.357. The summed E-state index contributed by atoms with van der Waals surface area (Å²) in [6, 6.07) is 1.22. The van der Waals surface area contributed by atoms with E-state index >= 15 is 0 Å². The molecule has 8 nitrogen and oxygen atoms in total. The quantitative estimate of drug-likeness (QED) is 0.816. The minimum Gasteiger partial charge on any atom is -0.465 e. The Bertz CT molecular complexity index is 823. The maximum atomic E-state index is 12.3. The molecule has 0 atom stereocenters. The molecule has 0 radical (unpaired) electrons. The lowest BCUT2D eigenvalue weighted by Gasteiger charge is -2.08. The van der Waals surface area contributed by atoms with E-state index in [1.807, 2.05) is 0 Å². The number of aromatic nitrogens is 2. The van der Waals surface area contributed by atoms with Gasteiger partial charge in [0.2, 0.25) is 15.9 Å². The molecule has 0 unspecified atom stereocenters. The molecule has 2 rings (SSSR count). The molecule has 0 fully saturated rings. The van der Waals surface area contributed by atoms with Gasteiger partial charge in [0, 0.05) is 6.20 Å². The molecule has 0 aromatic carbocycles. The van der Waals surface area contributed by atoms with Crippen LogP contribution >= 0.6 is 0 Å².